The van der Waals surface area contributed by atoms with Crippen molar-refractivity contribution < 1.29 is 18.0 Å². The Morgan fingerprint density at radius 2 is 1.81 bits per heavy atom. The van der Waals surface area contributed by atoms with Crippen molar-refractivity contribution in [1.29, 1.82) is 0 Å². The molecule has 0 radical (unpaired) electrons. The fourth-order valence-corrected chi connectivity index (χ4v) is 3.47. The molecule has 8 heteroatoms. The number of hydrogen-bond acceptors (Lipinski definition) is 2. The third-order valence-electron chi connectivity index (χ3n) is 4.19. The predicted octanol–water partition coefficient (Wildman–Crippen LogP) is 5.97. The molecular weight excluding hydrogens is 433 g/mol. The van der Waals surface area contributed by atoms with Crippen LogP contribution in [0.5, 0.6) is 0 Å². The Balaban J connectivity index is 1.98. The molecule has 0 unspecified atom stereocenters. The first-order chi connectivity index (χ1) is 12.3. The highest BCUT2D eigenvalue weighted by Crippen LogP contribution is 2.37. The van der Waals surface area contributed by atoms with E-state index in [0.29, 0.717) is 10.2 Å². The summed E-state index contributed by atoms with van der Waals surface area (Å²) in [5, 5.41) is 2.82. The monoisotopic (exact) mass is 446 g/mol. The number of benzene rings is 2. The Bertz CT molecular complexity index is 836. The number of alkyl halides is 3. The number of anilines is 2. The molecule has 0 spiro atoms. The van der Waals surface area contributed by atoms with E-state index >= 15 is 0 Å². The van der Waals surface area contributed by atoms with Gasteiger partial charge < -0.3 is 10.2 Å². The summed E-state index contributed by atoms with van der Waals surface area (Å²) in [6, 6.07) is 8.17. The van der Waals surface area contributed by atoms with Crippen LogP contribution in [0.25, 0.3) is 0 Å². The highest BCUT2D eigenvalue weighted by Gasteiger charge is 2.32. The van der Waals surface area contributed by atoms with E-state index in [2.05, 4.69) is 21.2 Å². The largest absolute Gasteiger partial charge is 0.416 e. The van der Waals surface area contributed by atoms with E-state index < -0.39 is 17.6 Å². The molecule has 2 aromatic carbocycles. The molecular formula is C18H15BrClF3N2O. The topological polar surface area (TPSA) is 32.3 Å². The molecule has 26 heavy (non-hydrogen) atoms. The second-order valence-electron chi connectivity index (χ2n) is 6.00. The molecule has 2 aromatic rings. The summed E-state index contributed by atoms with van der Waals surface area (Å²) in [5.41, 5.74) is 0.0830. The van der Waals surface area contributed by atoms with Crippen LogP contribution in [-0.4, -0.2) is 19.0 Å². The second kappa shape index (κ2) is 7.48. The number of nitrogens with zero attached hydrogens (tertiary/aromatic N) is 1. The zero-order valence-corrected chi connectivity index (χ0v) is 15.9. The number of amides is 1. The van der Waals surface area contributed by atoms with Crippen molar-refractivity contribution in [3.05, 3.63) is 57.0 Å². The highest BCUT2D eigenvalue weighted by atomic mass is 79.9. The van der Waals surface area contributed by atoms with Crippen LogP contribution in [0.2, 0.25) is 5.02 Å². The van der Waals surface area contributed by atoms with Crippen LogP contribution in [0.4, 0.5) is 24.5 Å². The SMILES string of the molecule is O=C(Nc1cc(C(F)(F)F)ccc1N1CCCC1)c1cc(Br)ccc1Cl. The molecule has 1 fully saturated rings. The van der Waals surface area contributed by atoms with Gasteiger partial charge in [-0.15, -0.1) is 0 Å². The van der Waals surface area contributed by atoms with E-state index in [0.717, 1.165) is 38.1 Å². The van der Waals surface area contributed by atoms with Gasteiger partial charge in [-0.1, -0.05) is 27.5 Å². The summed E-state index contributed by atoms with van der Waals surface area (Å²) >= 11 is 9.32. The minimum Gasteiger partial charge on any atom is -0.370 e. The first-order valence-electron chi connectivity index (χ1n) is 7.98. The van der Waals surface area contributed by atoms with E-state index in [4.69, 9.17) is 11.6 Å². The molecule has 1 saturated heterocycles. The highest BCUT2D eigenvalue weighted by molar-refractivity contribution is 9.10. The smallest absolute Gasteiger partial charge is 0.370 e. The average Bonchev–Trinajstić information content (AvgIpc) is 3.10. The van der Waals surface area contributed by atoms with Gasteiger partial charge in [0.1, 0.15) is 0 Å². The normalized spacial score (nSPS) is 14.6. The average molecular weight is 448 g/mol. The molecule has 1 aliphatic heterocycles. The summed E-state index contributed by atoms with van der Waals surface area (Å²) in [7, 11) is 0. The lowest BCUT2D eigenvalue weighted by Gasteiger charge is -2.23. The van der Waals surface area contributed by atoms with Crippen LogP contribution < -0.4 is 10.2 Å². The van der Waals surface area contributed by atoms with Crippen LogP contribution in [0.3, 0.4) is 0 Å². The summed E-state index contributed by atoms with van der Waals surface area (Å²) < 4.78 is 40.0. The van der Waals surface area contributed by atoms with Gasteiger partial charge in [0.2, 0.25) is 0 Å². The Hall–Kier alpha value is -1.73. The number of rotatable bonds is 3. The standard InChI is InChI=1S/C18H15BrClF3N2O/c19-12-4-5-14(20)13(10-12)17(26)24-15-9-11(18(21,22)23)3-6-16(15)25-7-1-2-8-25/h3-6,9-10H,1-2,7-8H2,(H,24,26). The number of carbonyl (C=O) groups is 1. The van der Waals surface area contributed by atoms with Crippen LogP contribution in [0, 0.1) is 0 Å². The first kappa shape index (κ1) is 19.0. The lowest BCUT2D eigenvalue weighted by atomic mass is 10.1. The van der Waals surface area contributed by atoms with Gasteiger partial charge in [-0.2, -0.15) is 13.2 Å². The number of nitrogens with one attached hydrogen (secondary N) is 1. The van der Waals surface area contributed by atoms with Crippen LogP contribution >= 0.6 is 27.5 Å². The van der Waals surface area contributed by atoms with Crippen molar-refractivity contribution in [2.24, 2.45) is 0 Å². The minimum absolute atomic E-state index is 0.128. The first-order valence-corrected chi connectivity index (χ1v) is 9.15. The van der Waals surface area contributed by atoms with Crippen molar-refractivity contribution in [1.82, 2.24) is 0 Å². The number of halogens is 5. The zero-order valence-electron chi connectivity index (χ0n) is 13.5. The minimum atomic E-state index is -4.49. The van der Waals surface area contributed by atoms with Crippen molar-refractivity contribution in [2.45, 2.75) is 19.0 Å². The van der Waals surface area contributed by atoms with Gasteiger partial charge in [0.25, 0.3) is 5.91 Å². The third kappa shape index (κ3) is 4.15. The van der Waals surface area contributed by atoms with Crippen LogP contribution in [-0.2, 0) is 6.18 Å². The Labute approximate surface area is 162 Å². The fraction of sp³-hybridized carbons (Fsp3) is 0.278. The zero-order chi connectivity index (χ0) is 18.9. The second-order valence-corrected chi connectivity index (χ2v) is 7.33. The lowest BCUT2D eigenvalue weighted by molar-refractivity contribution is -0.137. The molecule has 1 aliphatic rings. The van der Waals surface area contributed by atoms with Gasteiger partial charge >= 0.3 is 6.18 Å². The number of hydrogen-bond donors (Lipinski definition) is 1. The maximum absolute atomic E-state index is 13.1. The molecule has 3 nitrogen and oxygen atoms in total. The van der Waals surface area contributed by atoms with E-state index in [1.807, 2.05) is 4.90 Å². The van der Waals surface area contributed by atoms with Crippen LogP contribution in [0.1, 0.15) is 28.8 Å². The molecule has 0 bridgehead atoms. The Kier molecular flexibility index (Phi) is 5.48. The van der Waals surface area contributed by atoms with Crippen LogP contribution in [0.15, 0.2) is 40.9 Å². The Morgan fingerprint density at radius 1 is 1.12 bits per heavy atom. The van der Waals surface area contributed by atoms with Crippen molar-refractivity contribution in [3.8, 4) is 0 Å². The van der Waals surface area contributed by atoms with E-state index in [1.165, 1.54) is 12.1 Å². The van der Waals surface area contributed by atoms with Crippen molar-refractivity contribution >= 4 is 44.8 Å². The third-order valence-corrected chi connectivity index (χ3v) is 5.01. The van der Waals surface area contributed by atoms with Gasteiger partial charge in [0.05, 0.1) is 27.5 Å². The quantitative estimate of drug-likeness (QED) is 0.628. The lowest BCUT2D eigenvalue weighted by Crippen LogP contribution is -2.22. The molecule has 1 heterocycles. The molecule has 0 aromatic heterocycles. The maximum Gasteiger partial charge on any atom is 0.416 e. The Morgan fingerprint density at radius 3 is 2.46 bits per heavy atom. The fourth-order valence-electron chi connectivity index (χ4n) is 2.91. The number of carbonyl (C=O) groups excluding carboxylic acids is 1. The summed E-state index contributed by atoms with van der Waals surface area (Å²) in [6.07, 6.45) is -2.56. The van der Waals surface area contributed by atoms with Gasteiger partial charge in [-0.05, 0) is 49.2 Å². The van der Waals surface area contributed by atoms with Gasteiger partial charge in [-0.25, -0.2) is 0 Å². The molecule has 1 amide bonds. The van der Waals surface area contributed by atoms with Crippen molar-refractivity contribution in [3.63, 3.8) is 0 Å². The molecule has 1 N–H and O–H groups in total. The molecule has 138 valence electrons. The van der Waals surface area contributed by atoms with Gasteiger partial charge in [0.15, 0.2) is 0 Å². The molecule has 0 atom stereocenters. The van der Waals surface area contributed by atoms with Gasteiger partial charge in [-0.3, -0.25) is 4.79 Å². The summed E-state index contributed by atoms with van der Waals surface area (Å²) in [5.74, 6) is -0.559. The van der Waals surface area contributed by atoms with Gasteiger partial charge in [0, 0.05) is 17.6 Å². The van der Waals surface area contributed by atoms with E-state index in [-0.39, 0.29) is 16.3 Å². The summed E-state index contributed by atoms with van der Waals surface area (Å²) in [4.78, 5) is 14.6. The maximum atomic E-state index is 13.1. The molecule has 0 aliphatic carbocycles. The predicted molar refractivity (Wildman–Crippen MR) is 100.0 cm³/mol. The summed E-state index contributed by atoms with van der Waals surface area (Å²) in [6.45, 7) is 1.48. The van der Waals surface area contributed by atoms with Crippen molar-refractivity contribution in [2.75, 3.05) is 23.3 Å². The molecule has 3 rings (SSSR count). The molecule has 0 saturated carbocycles. The van der Waals surface area contributed by atoms with E-state index in [1.54, 1.807) is 12.1 Å². The van der Waals surface area contributed by atoms with E-state index in [9.17, 15) is 18.0 Å².